The lowest BCUT2D eigenvalue weighted by Gasteiger charge is -2.09. The minimum absolute atomic E-state index is 0.734. The first-order chi connectivity index (χ1) is 9.81. The van der Waals surface area contributed by atoms with Crippen LogP contribution in [0, 0.1) is 0 Å². The van der Waals surface area contributed by atoms with E-state index in [4.69, 9.17) is 4.52 Å². The maximum absolute atomic E-state index is 9.74. The molecule has 122 valence electrons. The van der Waals surface area contributed by atoms with Crippen LogP contribution in [0.5, 0.6) is 0 Å². The summed E-state index contributed by atoms with van der Waals surface area (Å²) in [5, 5.41) is 0. The molecule has 0 aliphatic heterocycles. The van der Waals surface area contributed by atoms with Gasteiger partial charge in [0.25, 0.3) is 0 Å². The van der Waals surface area contributed by atoms with E-state index in [1.807, 2.05) is 0 Å². The van der Waals surface area contributed by atoms with E-state index in [-0.39, 0.29) is 0 Å². The van der Waals surface area contributed by atoms with Crippen LogP contribution in [0.3, 0.4) is 0 Å². The van der Waals surface area contributed by atoms with E-state index in [9.17, 15) is 4.89 Å². The zero-order chi connectivity index (χ0) is 14.9. The lowest BCUT2D eigenvalue weighted by Crippen LogP contribution is -1.89. The molecule has 2 nitrogen and oxygen atoms in total. The highest BCUT2D eigenvalue weighted by Gasteiger charge is 2.05. The third kappa shape index (κ3) is 16.8. The molecule has 0 aromatic carbocycles. The van der Waals surface area contributed by atoms with Crippen LogP contribution in [0.25, 0.3) is 0 Å². The topological polar surface area (TPSA) is 29.5 Å². The van der Waals surface area contributed by atoms with Crippen molar-refractivity contribution in [3.63, 3.8) is 0 Å². The van der Waals surface area contributed by atoms with Crippen molar-refractivity contribution < 1.29 is 9.42 Å². The summed E-state index contributed by atoms with van der Waals surface area (Å²) in [4.78, 5) is 9.74. The molecule has 1 N–H and O–H groups in total. The van der Waals surface area contributed by atoms with Crippen molar-refractivity contribution in [3.8, 4) is 0 Å². The van der Waals surface area contributed by atoms with Crippen LogP contribution in [0.15, 0.2) is 0 Å². The average Bonchev–Trinajstić information content (AvgIpc) is 2.45. The molecule has 1 unspecified atom stereocenters. The monoisotopic (exact) mass is 322 g/mol. The van der Waals surface area contributed by atoms with Gasteiger partial charge in [0.2, 0.25) is 7.58 Å². The Morgan fingerprint density at radius 2 is 1.25 bits per heavy atom. The summed E-state index contributed by atoms with van der Waals surface area (Å²) < 4.78 is 5.48. The van der Waals surface area contributed by atoms with Crippen LogP contribution in [0.1, 0.15) is 90.9 Å². The van der Waals surface area contributed by atoms with Crippen molar-refractivity contribution in [3.05, 3.63) is 0 Å². The van der Waals surface area contributed by atoms with E-state index < -0.39 is 7.58 Å². The summed E-state index contributed by atoms with van der Waals surface area (Å²) in [6, 6.07) is 0. The van der Waals surface area contributed by atoms with Gasteiger partial charge in [-0.15, -0.1) is 0 Å². The van der Waals surface area contributed by atoms with Crippen molar-refractivity contribution in [1.29, 1.82) is 0 Å². The number of rotatable bonds is 16. The van der Waals surface area contributed by atoms with Gasteiger partial charge in [-0.05, 0) is 12.8 Å². The fraction of sp³-hybridized carbons (Fsp3) is 1.00. The Balaban J connectivity index is 3.11. The van der Waals surface area contributed by atoms with Crippen molar-refractivity contribution in [2.24, 2.45) is 0 Å². The molecule has 4 heteroatoms. The second kappa shape index (κ2) is 17.8. The van der Waals surface area contributed by atoms with E-state index >= 15 is 0 Å². The third-order valence-electron chi connectivity index (χ3n) is 3.40. The van der Waals surface area contributed by atoms with Gasteiger partial charge in [-0.2, -0.15) is 0 Å². The molecular weight excluding hydrogens is 287 g/mol. The highest BCUT2D eigenvalue weighted by atomic mass is 32.7. The molecule has 0 bridgehead atoms. The van der Waals surface area contributed by atoms with Gasteiger partial charge in [0.15, 0.2) is 0 Å². The van der Waals surface area contributed by atoms with Crippen LogP contribution in [-0.2, 0) is 4.52 Å². The molecule has 20 heavy (non-hydrogen) atoms. The Morgan fingerprint density at radius 3 is 1.85 bits per heavy atom. The van der Waals surface area contributed by atoms with Crippen molar-refractivity contribution in [2.45, 2.75) is 90.9 Å². The van der Waals surface area contributed by atoms with Crippen molar-refractivity contribution in [2.75, 3.05) is 12.4 Å². The Hall–Kier alpha value is 0.700. The highest BCUT2D eigenvalue weighted by molar-refractivity contribution is 8.52. The summed E-state index contributed by atoms with van der Waals surface area (Å²) in [7, 11) is -1.22. The largest absolute Gasteiger partial charge is 0.342 e. The molecule has 1 atom stereocenters. The third-order valence-corrected chi connectivity index (χ3v) is 6.02. The molecule has 0 aliphatic carbocycles. The maximum atomic E-state index is 9.74. The molecule has 0 amide bonds. The summed E-state index contributed by atoms with van der Waals surface area (Å²) in [6.07, 6.45) is 15.5. The van der Waals surface area contributed by atoms with E-state index in [2.05, 4.69) is 13.8 Å². The molecule has 0 aliphatic rings. The molecule has 0 fully saturated rings. The number of unbranched alkanes of at least 4 members (excludes halogenated alkanes) is 10. The molecule has 0 aromatic heterocycles. The molecule has 0 saturated carbocycles. The Bertz CT molecular complexity index is 164. The van der Waals surface area contributed by atoms with Crippen LogP contribution in [-0.4, -0.2) is 17.3 Å². The Morgan fingerprint density at radius 1 is 0.750 bits per heavy atom. The van der Waals surface area contributed by atoms with Gasteiger partial charge in [-0.25, -0.2) is 0 Å². The van der Waals surface area contributed by atoms with Gasteiger partial charge in [0.05, 0.1) is 6.61 Å². The first-order valence-electron chi connectivity index (χ1n) is 8.56. The number of hydrogen-bond donors (Lipinski definition) is 1. The van der Waals surface area contributed by atoms with E-state index in [0.29, 0.717) is 0 Å². The average molecular weight is 322 g/mol. The van der Waals surface area contributed by atoms with Gasteiger partial charge in [-0.3, -0.25) is 0 Å². The normalized spacial score (nSPS) is 12.8. The quantitative estimate of drug-likeness (QED) is 0.254. The molecule has 0 rings (SSSR count). The van der Waals surface area contributed by atoms with E-state index in [1.165, 1.54) is 70.6 Å². The van der Waals surface area contributed by atoms with Crippen LogP contribution in [0.4, 0.5) is 0 Å². The molecular formula is C16H35O2PS. The van der Waals surface area contributed by atoms with Gasteiger partial charge >= 0.3 is 0 Å². The lowest BCUT2D eigenvalue weighted by molar-refractivity contribution is 0.309. The van der Waals surface area contributed by atoms with E-state index in [1.54, 1.807) is 11.4 Å². The van der Waals surface area contributed by atoms with Gasteiger partial charge in [-0.1, -0.05) is 89.4 Å². The first kappa shape index (κ1) is 20.7. The van der Waals surface area contributed by atoms with Gasteiger partial charge < -0.3 is 9.42 Å². The standard InChI is InChI=1S/C16H35O2PS/c1-3-5-7-9-11-13-15-18-19(17)20-16-14-12-10-8-6-4-2/h17H,3-16H2,1-2H3. The van der Waals surface area contributed by atoms with Crippen LogP contribution in [0.2, 0.25) is 0 Å². The minimum atomic E-state index is -1.22. The van der Waals surface area contributed by atoms with Gasteiger partial charge in [0, 0.05) is 5.75 Å². The Labute approximate surface area is 132 Å². The fourth-order valence-electron chi connectivity index (χ4n) is 2.09. The van der Waals surface area contributed by atoms with Crippen LogP contribution >= 0.6 is 19.0 Å². The molecule has 0 spiro atoms. The summed E-state index contributed by atoms with van der Waals surface area (Å²) in [6.45, 7) is 5.22. The molecule has 0 heterocycles. The maximum Gasteiger partial charge on any atom is 0.235 e. The van der Waals surface area contributed by atoms with E-state index in [0.717, 1.165) is 18.8 Å². The summed E-state index contributed by atoms with van der Waals surface area (Å²) in [5.41, 5.74) is 0. The van der Waals surface area contributed by atoms with Crippen LogP contribution < -0.4 is 0 Å². The van der Waals surface area contributed by atoms with Crippen molar-refractivity contribution >= 4 is 19.0 Å². The predicted molar refractivity (Wildman–Crippen MR) is 94.3 cm³/mol. The summed E-state index contributed by atoms with van der Waals surface area (Å²) in [5.74, 6) is 1.05. The molecule has 0 radical (unpaired) electrons. The highest BCUT2D eigenvalue weighted by Crippen LogP contribution is 2.47. The number of hydrogen-bond acceptors (Lipinski definition) is 3. The predicted octanol–water partition coefficient (Wildman–Crippen LogP) is 6.68. The smallest absolute Gasteiger partial charge is 0.235 e. The summed E-state index contributed by atoms with van der Waals surface area (Å²) >= 11 is 1.61. The van der Waals surface area contributed by atoms with Gasteiger partial charge in [0.1, 0.15) is 0 Å². The lowest BCUT2D eigenvalue weighted by atomic mass is 10.1. The second-order valence-electron chi connectivity index (χ2n) is 5.44. The minimum Gasteiger partial charge on any atom is -0.342 e. The molecule has 0 saturated heterocycles. The zero-order valence-electron chi connectivity index (χ0n) is 13.6. The fourth-order valence-corrected chi connectivity index (χ4v) is 4.24. The Kier molecular flexibility index (Phi) is 18.4. The molecule has 0 aromatic rings. The second-order valence-corrected chi connectivity index (χ2v) is 8.55. The zero-order valence-corrected chi connectivity index (χ0v) is 15.3. The first-order valence-corrected chi connectivity index (χ1v) is 11.4. The SMILES string of the molecule is CCCCCCCCOP(O)SCCCCCCCC. The van der Waals surface area contributed by atoms with Crippen molar-refractivity contribution in [1.82, 2.24) is 0 Å².